The number of halogens is 1. The van der Waals surface area contributed by atoms with E-state index in [0.29, 0.717) is 11.1 Å². The number of aryl methyl sites for hydroxylation is 2. The fourth-order valence-electron chi connectivity index (χ4n) is 2.89. The van der Waals surface area contributed by atoms with Crippen LogP contribution in [-0.2, 0) is 0 Å². The number of hydrogen-bond donors (Lipinski definition) is 0. The zero-order valence-electron chi connectivity index (χ0n) is 14.4. The Balaban J connectivity index is 2.08. The van der Waals surface area contributed by atoms with Crippen LogP contribution in [-0.4, -0.2) is 9.55 Å². The molecular formula is C21H18FN3. The molecule has 3 aromatic rings. The molecule has 25 heavy (non-hydrogen) atoms. The summed E-state index contributed by atoms with van der Waals surface area (Å²) in [5.74, 6) is 0.541. The van der Waals surface area contributed by atoms with E-state index in [4.69, 9.17) is 0 Å². The lowest BCUT2D eigenvalue weighted by Gasteiger charge is -2.09. The number of nitrogens with zero attached hydrogens (tertiary/aromatic N) is 3. The van der Waals surface area contributed by atoms with Gasteiger partial charge in [-0.05, 0) is 73.9 Å². The minimum absolute atomic E-state index is 0.315. The van der Waals surface area contributed by atoms with Crippen LogP contribution in [0.15, 0.2) is 48.7 Å². The van der Waals surface area contributed by atoms with Crippen molar-refractivity contribution in [1.29, 1.82) is 5.26 Å². The molecule has 0 unspecified atom stereocenters. The summed E-state index contributed by atoms with van der Waals surface area (Å²) >= 11 is 0. The van der Waals surface area contributed by atoms with Crippen LogP contribution in [0.25, 0.3) is 17.5 Å². The molecule has 4 heteroatoms. The molecule has 0 atom stereocenters. The fraction of sp³-hybridized carbons (Fsp3) is 0.143. The zero-order valence-corrected chi connectivity index (χ0v) is 14.4. The maximum atomic E-state index is 13.1. The van der Waals surface area contributed by atoms with Crippen molar-refractivity contribution >= 4 is 11.6 Å². The molecular weight excluding hydrogens is 313 g/mol. The molecule has 2 heterocycles. The minimum Gasteiger partial charge on any atom is -0.303 e. The minimum atomic E-state index is -0.315. The summed E-state index contributed by atoms with van der Waals surface area (Å²) in [5.41, 5.74) is 5.32. The molecule has 124 valence electrons. The summed E-state index contributed by atoms with van der Waals surface area (Å²) < 4.78 is 15.2. The zero-order chi connectivity index (χ0) is 18.0. The fourth-order valence-corrected chi connectivity index (χ4v) is 2.89. The summed E-state index contributed by atoms with van der Waals surface area (Å²) in [6.07, 6.45) is 3.63. The first-order chi connectivity index (χ1) is 12.0. The van der Waals surface area contributed by atoms with Crippen LogP contribution >= 0.6 is 0 Å². The van der Waals surface area contributed by atoms with Crippen molar-refractivity contribution in [1.82, 2.24) is 9.55 Å². The van der Waals surface area contributed by atoms with Gasteiger partial charge in [0.2, 0.25) is 0 Å². The molecule has 0 amide bonds. The van der Waals surface area contributed by atoms with E-state index < -0.39 is 0 Å². The first kappa shape index (κ1) is 16.7. The molecule has 0 spiro atoms. The molecule has 3 rings (SSSR count). The van der Waals surface area contributed by atoms with Gasteiger partial charge < -0.3 is 4.57 Å². The van der Waals surface area contributed by atoms with Crippen molar-refractivity contribution in [3.63, 3.8) is 0 Å². The summed E-state index contributed by atoms with van der Waals surface area (Å²) in [5, 5.41) is 9.50. The normalized spacial score (nSPS) is 11.4. The SMILES string of the molecule is Cc1ccnc(-n2c(C)cc(C=C(C#N)c3ccc(F)cc3)c2C)c1. The average Bonchev–Trinajstić information content (AvgIpc) is 2.87. The molecule has 0 bridgehead atoms. The standard InChI is InChI=1S/C21H18FN3/c1-14-8-9-24-21(10-14)25-15(2)11-18(16(25)3)12-19(13-23)17-4-6-20(22)7-5-17/h4-12H,1-3H3. The van der Waals surface area contributed by atoms with Gasteiger partial charge in [0, 0.05) is 17.6 Å². The van der Waals surface area contributed by atoms with Gasteiger partial charge >= 0.3 is 0 Å². The van der Waals surface area contributed by atoms with Crippen molar-refractivity contribution in [2.45, 2.75) is 20.8 Å². The maximum Gasteiger partial charge on any atom is 0.137 e. The quantitative estimate of drug-likeness (QED) is 0.634. The van der Waals surface area contributed by atoms with Crippen LogP contribution in [0.3, 0.4) is 0 Å². The molecule has 3 nitrogen and oxygen atoms in total. The first-order valence-corrected chi connectivity index (χ1v) is 7.99. The van der Waals surface area contributed by atoms with Crippen molar-refractivity contribution in [3.05, 3.63) is 82.6 Å². The Hall–Kier alpha value is -3.19. The molecule has 0 N–H and O–H groups in total. The molecule has 0 aliphatic rings. The number of nitriles is 1. The van der Waals surface area contributed by atoms with Crippen LogP contribution < -0.4 is 0 Å². The van der Waals surface area contributed by atoms with Gasteiger partial charge in [0.1, 0.15) is 11.6 Å². The number of rotatable bonds is 3. The van der Waals surface area contributed by atoms with Crippen LogP contribution in [0, 0.1) is 37.9 Å². The number of aromatic nitrogens is 2. The Bertz CT molecular complexity index is 989. The Kier molecular flexibility index (Phi) is 4.49. The summed E-state index contributed by atoms with van der Waals surface area (Å²) in [6, 6.07) is 14.2. The predicted octanol–water partition coefficient (Wildman–Crippen LogP) is 5.00. The first-order valence-electron chi connectivity index (χ1n) is 7.99. The van der Waals surface area contributed by atoms with E-state index in [1.54, 1.807) is 18.3 Å². The molecule has 0 saturated carbocycles. The molecule has 0 saturated heterocycles. The summed E-state index contributed by atoms with van der Waals surface area (Å²) in [7, 11) is 0. The lowest BCUT2D eigenvalue weighted by Crippen LogP contribution is -2.01. The number of hydrogen-bond acceptors (Lipinski definition) is 2. The topological polar surface area (TPSA) is 41.6 Å². The lowest BCUT2D eigenvalue weighted by molar-refractivity contribution is 0.627. The Morgan fingerprint density at radius 3 is 2.48 bits per heavy atom. The highest BCUT2D eigenvalue weighted by molar-refractivity contribution is 5.90. The monoisotopic (exact) mass is 331 g/mol. The van der Waals surface area contributed by atoms with Crippen LogP contribution in [0.5, 0.6) is 0 Å². The second-order valence-corrected chi connectivity index (χ2v) is 6.03. The molecule has 0 aliphatic heterocycles. The molecule has 0 aliphatic carbocycles. The van der Waals surface area contributed by atoms with Gasteiger partial charge in [0.05, 0.1) is 11.6 Å². The number of allylic oxidation sites excluding steroid dienone is 1. The van der Waals surface area contributed by atoms with Gasteiger partial charge in [0.15, 0.2) is 0 Å². The lowest BCUT2D eigenvalue weighted by atomic mass is 10.0. The number of benzene rings is 1. The van der Waals surface area contributed by atoms with E-state index in [1.165, 1.54) is 12.1 Å². The van der Waals surface area contributed by atoms with Gasteiger partial charge in [-0.2, -0.15) is 5.26 Å². The Labute approximate surface area is 146 Å². The van der Waals surface area contributed by atoms with E-state index in [2.05, 4.69) is 15.6 Å². The van der Waals surface area contributed by atoms with E-state index in [-0.39, 0.29) is 5.82 Å². The highest BCUT2D eigenvalue weighted by Gasteiger charge is 2.12. The summed E-state index contributed by atoms with van der Waals surface area (Å²) in [4.78, 5) is 4.45. The van der Waals surface area contributed by atoms with Gasteiger partial charge in [-0.3, -0.25) is 0 Å². The smallest absolute Gasteiger partial charge is 0.137 e. The number of pyridine rings is 1. The summed E-state index contributed by atoms with van der Waals surface area (Å²) in [6.45, 7) is 6.04. The second-order valence-electron chi connectivity index (χ2n) is 6.03. The third-order valence-electron chi connectivity index (χ3n) is 4.18. The van der Waals surface area contributed by atoms with Crippen molar-refractivity contribution in [2.75, 3.05) is 0 Å². The highest BCUT2D eigenvalue weighted by atomic mass is 19.1. The Morgan fingerprint density at radius 2 is 1.84 bits per heavy atom. The van der Waals surface area contributed by atoms with Gasteiger partial charge in [-0.15, -0.1) is 0 Å². The molecule has 2 aromatic heterocycles. The van der Waals surface area contributed by atoms with Crippen LogP contribution in [0.4, 0.5) is 4.39 Å². The second kappa shape index (κ2) is 6.74. The van der Waals surface area contributed by atoms with Crippen molar-refractivity contribution in [2.24, 2.45) is 0 Å². The van der Waals surface area contributed by atoms with Crippen LogP contribution in [0.2, 0.25) is 0 Å². The van der Waals surface area contributed by atoms with Crippen molar-refractivity contribution in [3.8, 4) is 11.9 Å². The van der Waals surface area contributed by atoms with Crippen molar-refractivity contribution < 1.29 is 4.39 Å². The molecule has 1 aromatic carbocycles. The third-order valence-corrected chi connectivity index (χ3v) is 4.18. The van der Waals surface area contributed by atoms with E-state index >= 15 is 0 Å². The molecule has 0 radical (unpaired) electrons. The van der Waals surface area contributed by atoms with Gasteiger partial charge in [0.25, 0.3) is 0 Å². The van der Waals surface area contributed by atoms with E-state index in [0.717, 1.165) is 28.3 Å². The van der Waals surface area contributed by atoms with E-state index in [9.17, 15) is 9.65 Å². The highest BCUT2D eigenvalue weighted by Crippen LogP contribution is 2.25. The van der Waals surface area contributed by atoms with E-state index in [1.807, 2.05) is 45.0 Å². The third kappa shape index (κ3) is 3.36. The van der Waals surface area contributed by atoms with Crippen LogP contribution in [0.1, 0.15) is 28.1 Å². The Morgan fingerprint density at radius 1 is 1.12 bits per heavy atom. The maximum absolute atomic E-state index is 13.1. The average molecular weight is 331 g/mol. The largest absolute Gasteiger partial charge is 0.303 e. The van der Waals surface area contributed by atoms with Gasteiger partial charge in [-0.1, -0.05) is 12.1 Å². The van der Waals surface area contributed by atoms with Gasteiger partial charge in [-0.25, -0.2) is 9.37 Å². The molecule has 0 fully saturated rings. The predicted molar refractivity (Wildman–Crippen MR) is 97.7 cm³/mol.